The number of aromatic nitrogens is 2. The molecule has 0 aliphatic rings. The van der Waals surface area contributed by atoms with Crippen molar-refractivity contribution in [2.75, 3.05) is 20.3 Å². The molecule has 2 aromatic carbocycles. The van der Waals surface area contributed by atoms with Gasteiger partial charge in [-0.1, -0.05) is 24.3 Å². The van der Waals surface area contributed by atoms with Crippen molar-refractivity contribution in [3.8, 4) is 28.3 Å². The van der Waals surface area contributed by atoms with Crippen molar-refractivity contribution in [2.24, 2.45) is 0 Å². The van der Waals surface area contributed by atoms with E-state index >= 15 is 0 Å². The molecule has 0 unspecified atom stereocenters. The van der Waals surface area contributed by atoms with Crippen LogP contribution in [0, 0.1) is 0 Å². The fourth-order valence-electron chi connectivity index (χ4n) is 2.76. The molecule has 6 nitrogen and oxygen atoms in total. The molecule has 0 aliphatic heterocycles. The van der Waals surface area contributed by atoms with Crippen LogP contribution in [0.4, 0.5) is 0 Å². The number of hydrogen-bond acceptors (Lipinski definition) is 4. The zero-order valence-electron chi connectivity index (χ0n) is 16.4. The number of nitrogens with zero attached hydrogens (tertiary/aromatic N) is 1. The number of hydrogen-bond donors (Lipinski definition) is 2. The number of methoxy groups -OCH3 is 1. The van der Waals surface area contributed by atoms with Gasteiger partial charge in [0.05, 0.1) is 31.2 Å². The number of ether oxygens (including phenoxy) is 2. The Balaban J connectivity index is 1.65. The summed E-state index contributed by atoms with van der Waals surface area (Å²) in [6.07, 6.45) is 0.160. The molecule has 0 atom stereocenters. The van der Waals surface area contributed by atoms with E-state index < -0.39 is 0 Å². The largest absolute Gasteiger partial charge is 0.497 e. The molecule has 0 saturated carbocycles. The first-order valence-corrected chi connectivity index (χ1v) is 9.27. The van der Waals surface area contributed by atoms with Crippen LogP contribution in [-0.2, 0) is 4.74 Å². The van der Waals surface area contributed by atoms with Gasteiger partial charge in [-0.2, -0.15) is 5.10 Å². The van der Waals surface area contributed by atoms with Gasteiger partial charge in [-0.25, -0.2) is 0 Å². The molecule has 0 bridgehead atoms. The maximum atomic E-state index is 12.2. The molecule has 1 heterocycles. The SMILES string of the molecule is COc1cccc(-c2cc(-c3ccc(C(=O)NCCOC(C)C)cc3)[nH]n2)c1. The summed E-state index contributed by atoms with van der Waals surface area (Å²) in [5, 5.41) is 10.3. The molecule has 3 rings (SSSR count). The van der Waals surface area contributed by atoms with E-state index in [2.05, 4.69) is 15.5 Å². The van der Waals surface area contributed by atoms with Crippen molar-refractivity contribution in [2.45, 2.75) is 20.0 Å². The molecular formula is C22H25N3O3. The highest BCUT2D eigenvalue weighted by atomic mass is 16.5. The minimum Gasteiger partial charge on any atom is -0.497 e. The second kappa shape index (κ2) is 9.19. The summed E-state index contributed by atoms with van der Waals surface area (Å²) in [4.78, 5) is 12.2. The van der Waals surface area contributed by atoms with E-state index in [0.717, 1.165) is 28.3 Å². The van der Waals surface area contributed by atoms with Gasteiger partial charge < -0.3 is 14.8 Å². The fourth-order valence-corrected chi connectivity index (χ4v) is 2.76. The topological polar surface area (TPSA) is 76.2 Å². The van der Waals surface area contributed by atoms with Gasteiger partial charge in [0.1, 0.15) is 5.75 Å². The lowest BCUT2D eigenvalue weighted by molar-refractivity contribution is 0.0746. The second-order valence-electron chi connectivity index (χ2n) is 6.65. The summed E-state index contributed by atoms with van der Waals surface area (Å²) in [6.45, 7) is 4.93. The maximum Gasteiger partial charge on any atom is 0.251 e. The van der Waals surface area contributed by atoms with Crippen molar-refractivity contribution in [1.29, 1.82) is 0 Å². The van der Waals surface area contributed by atoms with Crippen molar-refractivity contribution in [3.63, 3.8) is 0 Å². The normalized spacial score (nSPS) is 10.9. The average Bonchev–Trinajstić information content (AvgIpc) is 3.21. The fraction of sp³-hybridized carbons (Fsp3) is 0.273. The zero-order chi connectivity index (χ0) is 19.9. The first-order valence-electron chi connectivity index (χ1n) is 9.27. The number of carbonyl (C=O) groups excluding carboxylic acids is 1. The third-order valence-electron chi connectivity index (χ3n) is 4.24. The molecular weight excluding hydrogens is 354 g/mol. The summed E-state index contributed by atoms with van der Waals surface area (Å²) in [5.41, 5.74) is 4.26. The van der Waals surface area contributed by atoms with Gasteiger partial charge >= 0.3 is 0 Å². The van der Waals surface area contributed by atoms with E-state index in [0.29, 0.717) is 18.7 Å². The van der Waals surface area contributed by atoms with Crippen molar-refractivity contribution in [1.82, 2.24) is 15.5 Å². The second-order valence-corrected chi connectivity index (χ2v) is 6.65. The van der Waals surface area contributed by atoms with Gasteiger partial charge in [-0.05, 0) is 49.7 Å². The Morgan fingerprint density at radius 2 is 1.89 bits per heavy atom. The standard InChI is InChI=1S/C22H25N3O3/c1-15(2)28-12-11-23-22(26)17-9-7-16(8-10-17)20-14-21(25-24-20)18-5-4-6-19(13-18)27-3/h4-10,13-15H,11-12H2,1-3H3,(H,23,26)(H,24,25). The quantitative estimate of drug-likeness (QED) is 0.582. The maximum absolute atomic E-state index is 12.2. The van der Waals surface area contributed by atoms with E-state index in [1.165, 1.54) is 0 Å². The lowest BCUT2D eigenvalue weighted by Crippen LogP contribution is -2.27. The average molecular weight is 379 g/mol. The van der Waals surface area contributed by atoms with E-state index in [9.17, 15) is 4.79 Å². The van der Waals surface area contributed by atoms with E-state index in [1.54, 1.807) is 19.2 Å². The molecule has 1 amide bonds. The van der Waals surface area contributed by atoms with Crippen LogP contribution in [0.15, 0.2) is 54.6 Å². The van der Waals surface area contributed by atoms with Gasteiger partial charge in [-0.15, -0.1) is 0 Å². The van der Waals surface area contributed by atoms with Crippen molar-refractivity contribution >= 4 is 5.91 Å². The highest BCUT2D eigenvalue weighted by Crippen LogP contribution is 2.26. The molecule has 1 aromatic heterocycles. The summed E-state index contributed by atoms with van der Waals surface area (Å²) < 4.78 is 10.7. The number of amides is 1. The lowest BCUT2D eigenvalue weighted by Gasteiger charge is -2.09. The third kappa shape index (κ3) is 4.98. The number of carbonyl (C=O) groups is 1. The molecule has 0 saturated heterocycles. The van der Waals surface area contributed by atoms with Gasteiger partial charge in [-0.3, -0.25) is 9.89 Å². The highest BCUT2D eigenvalue weighted by molar-refractivity contribution is 5.94. The Bertz CT molecular complexity index is 917. The van der Waals surface area contributed by atoms with Gasteiger partial charge in [0.25, 0.3) is 5.91 Å². The zero-order valence-corrected chi connectivity index (χ0v) is 16.4. The van der Waals surface area contributed by atoms with Crippen LogP contribution >= 0.6 is 0 Å². The molecule has 6 heteroatoms. The number of benzene rings is 2. The summed E-state index contributed by atoms with van der Waals surface area (Å²) in [6, 6.07) is 17.2. The van der Waals surface area contributed by atoms with Crippen LogP contribution < -0.4 is 10.1 Å². The van der Waals surface area contributed by atoms with E-state index in [4.69, 9.17) is 9.47 Å². The Hall–Kier alpha value is -3.12. The van der Waals surface area contributed by atoms with E-state index in [1.807, 2.05) is 56.3 Å². The number of rotatable bonds is 8. The molecule has 0 radical (unpaired) electrons. The van der Waals surface area contributed by atoms with Gasteiger partial charge in [0.15, 0.2) is 0 Å². The Labute approximate surface area is 164 Å². The van der Waals surface area contributed by atoms with E-state index in [-0.39, 0.29) is 12.0 Å². The molecule has 28 heavy (non-hydrogen) atoms. The molecule has 0 aliphatic carbocycles. The molecule has 146 valence electrons. The summed E-state index contributed by atoms with van der Waals surface area (Å²) in [5.74, 6) is 0.678. The van der Waals surface area contributed by atoms with Crippen LogP contribution in [-0.4, -0.2) is 42.5 Å². The predicted molar refractivity (Wildman–Crippen MR) is 109 cm³/mol. The first kappa shape index (κ1) is 19.6. The van der Waals surface area contributed by atoms with Crippen LogP contribution in [0.25, 0.3) is 22.5 Å². The van der Waals surface area contributed by atoms with Crippen LogP contribution in [0.3, 0.4) is 0 Å². The van der Waals surface area contributed by atoms with Crippen molar-refractivity contribution in [3.05, 3.63) is 60.2 Å². The molecule has 0 fully saturated rings. The third-order valence-corrected chi connectivity index (χ3v) is 4.24. The predicted octanol–water partition coefficient (Wildman–Crippen LogP) is 3.91. The molecule has 2 N–H and O–H groups in total. The number of aromatic amines is 1. The Kier molecular flexibility index (Phi) is 6.45. The Morgan fingerprint density at radius 3 is 2.61 bits per heavy atom. The number of nitrogens with one attached hydrogen (secondary N) is 2. The highest BCUT2D eigenvalue weighted by Gasteiger charge is 2.09. The van der Waals surface area contributed by atoms with Crippen LogP contribution in [0.1, 0.15) is 24.2 Å². The lowest BCUT2D eigenvalue weighted by atomic mass is 10.1. The van der Waals surface area contributed by atoms with Gasteiger partial charge in [0.2, 0.25) is 0 Å². The first-order chi connectivity index (χ1) is 13.6. The van der Waals surface area contributed by atoms with Crippen molar-refractivity contribution < 1.29 is 14.3 Å². The minimum atomic E-state index is -0.111. The summed E-state index contributed by atoms with van der Waals surface area (Å²) in [7, 11) is 1.64. The minimum absolute atomic E-state index is 0.111. The van der Waals surface area contributed by atoms with Crippen LogP contribution in [0.2, 0.25) is 0 Å². The molecule has 0 spiro atoms. The van der Waals surface area contributed by atoms with Gasteiger partial charge in [0, 0.05) is 17.7 Å². The Morgan fingerprint density at radius 1 is 1.11 bits per heavy atom. The number of H-pyrrole nitrogens is 1. The monoisotopic (exact) mass is 379 g/mol. The smallest absolute Gasteiger partial charge is 0.251 e. The summed E-state index contributed by atoms with van der Waals surface area (Å²) >= 11 is 0. The molecule has 3 aromatic rings. The van der Waals surface area contributed by atoms with Crippen LogP contribution in [0.5, 0.6) is 5.75 Å².